The molecule has 1 aromatic carbocycles. The zero-order valence-electron chi connectivity index (χ0n) is 11.5. The molecule has 0 radical (unpaired) electrons. The first kappa shape index (κ1) is 14.2. The lowest BCUT2D eigenvalue weighted by molar-refractivity contribution is -0.124. The number of nitrogens with one attached hydrogen (secondary N) is 1. The number of nitrogens with two attached hydrogens (primary N) is 1. The van der Waals surface area contributed by atoms with Crippen LogP contribution in [0.2, 0.25) is 0 Å². The minimum absolute atomic E-state index is 0.119. The molecule has 20 heavy (non-hydrogen) atoms. The summed E-state index contributed by atoms with van der Waals surface area (Å²) in [5.74, 6) is 0.527. The van der Waals surface area contributed by atoms with E-state index in [1.165, 1.54) is 0 Å². The van der Waals surface area contributed by atoms with Crippen LogP contribution in [0.15, 0.2) is 34.9 Å². The highest BCUT2D eigenvalue weighted by atomic mass is 16.5. The van der Waals surface area contributed by atoms with Gasteiger partial charge in [0.2, 0.25) is 5.91 Å². The smallest absolute Gasteiger partial charge is 0.257 e. The Hall–Kier alpha value is -2.21. The summed E-state index contributed by atoms with van der Waals surface area (Å²) < 4.78 is 5.20. The molecule has 1 aromatic heterocycles. The first-order valence-corrected chi connectivity index (χ1v) is 6.51. The maximum atomic E-state index is 11.8. The monoisotopic (exact) mass is 274 g/mol. The van der Waals surface area contributed by atoms with Gasteiger partial charge in [-0.3, -0.25) is 4.79 Å². The van der Waals surface area contributed by atoms with E-state index >= 15 is 0 Å². The molecule has 0 aliphatic heterocycles. The summed E-state index contributed by atoms with van der Waals surface area (Å²) in [6.45, 7) is 3.88. The van der Waals surface area contributed by atoms with Crippen molar-refractivity contribution in [1.82, 2.24) is 15.5 Å². The van der Waals surface area contributed by atoms with Crippen molar-refractivity contribution in [3.63, 3.8) is 0 Å². The fourth-order valence-corrected chi connectivity index (χ4v) is 1.64. The summed E-state index contributed by atoms with van der Waals surface area (Å²) in [5.41, 5.74) is 6.30. The number of carbonyl (C=O) groups excluding carboxylic acids is 1. The Bertz CT molecular complexity index is 568. The highest BCUT2D eigenvalue weighted by Gasteiger charge is 2.19. The fourth-order valence-electron chi connectivity index (χ4n) is 1.64. The number of carbonyl (C=O) groups is 1. The Labute approximate surface area is 117 Å². The third-order valence-electron chi connectivity index (χ3n) is 3.01. The van der Waals surface area contributed by atoms with Crippen molar-refractivity contribution in [1.29, 1.82) is 0 Å². The van der Waals surface area contributed by atoms with Gasteiger partial charge in [-0.15, -0.1) is 0 Å². The Kier molecular flexibility index (Phi) is 4.47. The quantitative estimate of drug-likeness (QED) is 0.861. The largest absolute Gasteiger partial charge is 0.346 e. The second-order valence-electron chi connectivity index (χ2n) is 4.69. The van der Waals surface area contributed by atoms with Gasteiger partial charge in [-0.2, -0.15) is 4.98 Å². The molecule has 0 aliphatic carbocycles. The van der Waals surface area contributed by atoms with E-state index in [0.29, 0.717) is 18.3 Å². The highest BCUT2D eigenvalue weighted by Crippen LogP contribution is 2.18. The van der Waals surface area contributed by atoms with Crippen LogP contribution in [-0.4, -0.2) is 22.6 Å². The van der Waals surface area contributed by atoms with Crippen molar-refractivity contribution in [3.8, 4) is 11.5 Å². The van der Waals surface area contributed by atoms with Crippen molar-refractivity contribution in [2.75, 3.05) is 6.54 Å². The zero-order chi connectivity index (χ0) is 14.5. The maximum Gasteiger partial charge on any atom is 0.257 e. The molecule has 1 heterocycles. The van der Waals surface area contributed by atoms with E-state index < -0.39 is 0 Å². The van der Waals surface area contributed by atoms with Crippen molar-refractivity contribution < 1.29 is 9.32 Å². The van der Waals surface area contributed by atoms with Crippen LogP contribution in [0.4, 0.5) is 0 Å². The lowest BCUT2D eigenvalue weighted by Gasteiger charge is -2.13. The Morgan fingerprint density at radius 3 is 2.70 bits per heavy atom. The molecule has 2 rings (SSSR count). The van der Waals surface area contributed by atoms with Crippen molar-refractivity contribution in [2.45, 2.75) is 19.9 Å². The minimum Gasteiger partial charge on any atom is -0.346 e. The van der Waals surface area contributed by atoms with Crippen molar-refractivity contribution in [2.24, 2.45) is 11.7 Å². The average molecular weight is 274 g/mol. The van der Waals surface area contributed by atoms with Gasteiger partial charge in [0.05, 0.1) is 6.04 Å². The topological polar surface area (TPSA) is 94.0 Å². The summed E-state index contributed by atoms with van der Waals surface area (Å²) in [6, 6.07) is 9.16. The summed E-state index contributed by atoms with van der Waals surface area (Å²) in [6.07, 6.45) is 0. The number of benzene rings is 1. The minimum atomic E-state index is -0.322. The van der Waals surface area contributed by atoms with E-state index in [2.05, 4.69) is 15.5 Å². The molecule has 2 atom stereocenters. The number of aromatic nitrogens is 2. The Balaban J connectivity index is 2.07. The van der Waals surface area contributed by atoms with Gasteiger partial charge in [0.1, 0.15) is 0 Å². The molecular weight excluding hydrogens is 256 g/mol. The molecule has 1 amide bonds. The average Bonchev–Trinajstić information content (AvgIpc) is 2.97. The van der Waals surface area contributed by atoms with E-state index in [9.17, 15) is 4.79 Å². The van der Waals surface area contributed by atoms with E-state index in [-0.39, 0.29) is 17.9 Å². The van der Waals surface area contributed by atoms with Crippen LogP contribution in [0.5, 0.6) is 0 Å². The van der Waals surface area contributed by atoms with E-state index in [1.54, 1.807) is 13.8 Å². The van der Waals surface area contributed by atoms with Crippen LogP contribution < -0.4 is 11.1 Å². The first-order chi connectivity index (χ1) is 9.61. The van der Waals surface area contributed by atoms with E-state index in [1.807, 2.05) is 30.3 Å². The molecule has 106 valence electrons. The van der Waals surface area contributed by atoms with Gasteiger partial charge in [0.25, 0.3) is 5.89 Å². The summed E-state index contributed by atoms with van der Waals surface area (Å²) in [4.78, 5) is 16.1. The molecule has 6 nitrogen and oxygen atoms in total. The van der Waals surface area contributed by atoms with Crippen molar-refractivity contribution in [3.05, 3.63) is 36.2 Å². The van der Waals surface area contributed by atoms with Crippen LogP contribution in [0.1, 0.15) is 25.7 Å². The van der Waals surface area contributed by atoms with Crippen LogP contribution in [0.3, 0.4) is 0 Å². The molecule has 3 N–H and O–H groups in total. The first-order valence-electron chi connectivity index (χ1n) is 6.51. The third-order valence-corrected chi connectivity index (χ3v) is 3.01. The van der Waals surface area contributed by atoms with Gasteiger partial charge in [0, 0.05) is 18.0 Å². The van der Waals surface area contributed by atoms with Crippen LogP contribution in [-0.2, 0) is 4.79 Å². The molecule has 0 saturated heterocycles. The summed E-state index contributed by atoms with van der Waals surface area (Å²) in [5, 5.41) is 6.71. The van der Waals surface area contributed by atoms with E-state index in [0.717, 1.165) is 5.56 Å². The standard InChI is InChI=1S/C14H18N4O2/c1-9(8-15)13(19)16-10(2)12-17-14(20-18-12)11-6-4-3-5-7-11/h3-7,9-10H,8,15H2,1-2H3,(H,16,19). The fraction of sp³-hybridized carbons (Fsp3) is 0.357. The number of hydrogen-bond donors (Lipinski definition) is 2. The molecule has 0 aliphatic rings. The highest BCUT2D eigenvalue weighted by molar-refractivity contribution is 5.78. The van der Waals surface area contributed by atoms with Crippen LogP contribution in [0, 0.1) is 5.92 Å². The molecule has 0 bridgehead atoms. The van der Waals surface area contributed by atoms with Gasteiger partial charge in [-0.1, -0.05) is 30.3 Å². The lowest BCUT2D eigenvalue weighted by Crippen LogP contribution is -2.35. The molecule has 0 spiro atoms. The van der Waals surface area contributed by atoms with E-state index in [4.69, 9.17) is 10.3 Å². The van der Waals surface area contributed by atoms with Crippen LogP contribution in [0.25, 0.3) is 11.5 Å². The van der Waals surface area contributed by atoms with Gasteiger partial charge >= 0.3 is 0 Å². The second-order valence-corrected chi connectivity index (χ2v) is 4.69. The third kappa shape index (κ3) is 3.21. The predicted molar refractivity (Wildman–Crippen MR) is 74.5 cm³/mol. The molecular formula is C14H18N4O2. The maximum absolute atomic E-state index is 11.8. The summed E-state index contributed by atoms with van der Waals surface area (Å²) >= 11 is 0. The Morgan fingerprint density at radius 1 is 1.35 bits per heavy atom. The van der Waals surface area contributed by atoms with Crippen LogP contribution >= 0.6 is 0 Å². The zero-order valence-corrected chi connectivity index (χ0v) is 11.5. The lowest BCUT2D eigenvalue weighted by atomic mass is 10.1. The molecule has 0 fully saturated rings. The number of nitrogens with zero attached hydrogens (tertiary/aromatic N) is 2. The second kappa shape index (κ2) is 6.29. The summed E-state index contributed by atoms with van der Waals surface area (Å²) in [7, 11) is 0. The normalized spacial score (nSPS) is 13.8. The Morgan fingerprint density at radius 2 is 2.05 bits per heavy atom. The van der Waals surface area contributed by atoms with Gasteiger partial charge in [-0.05, 0) is 19.1 Å². The molecule has 6 heteroatoms. The van der Waals surface area contributed by atoms with Gasteiger partial charge in [-0.25, -0.2) is 0 Å². The number of rotatable bonds is 5. The van der Waals surface area contributed by atoms with Gasteiger partial charge < -0.3 is 15.6 Å². The number of hydrogen-bond acceptors (Lipinski definition) is 5. The van der Waals surface area contributed by atoms with Gasteiger partial charge in [0.15, 0.2) is 5.82 Å². The predicted octanol–water partition coefficient (Wildman–Crippen LogP) is 1.51. The SMILES string of the molecule is CC(CN)C(=O)NC(C)c1noc(-c2ccccc2)n1. The number of amides is 1. The molecule has 2 unspecified atom stereocenters. The molecule has 2 aromatic rings. The molecule has 0 saturated carbocycles. The van der Waals surface area contributed by atoms with Crippen molar-refractivity contribution >= 4 is 5.91 Å².